The summed E-state index contributed by atoms with van der Waals surface area (Å²) in [6.07, 6.45) is 1.86. The van der Waals surface area contributed by atoms with Crippen LogP contribution < -0.4 is 15.8 Å². The van der Waals surface area contributed by atoms with Gasteiger partial charge in [-0.2, -0.15) is 0 Å². The summed E-state index contributed by atoms with van der Waals surface area (Å²) < 4.78 is 5.68. The van der Waals surface area contributed by atoms with E-state index in [1.165, 1.54) is 0 Å². The van der Waals surface area contributed by atoms with Gasteiger partial charge in [0.05, 0.1) is 0 Å². The highest BCUT2D eigenvalue weighted by Gasteiger charge is 2.23. The van der Waals surface area contributed by atoms with E-state index in [1.807, 2.05) is 24.3 Å². The van der Waals surface area contributed by atoms with E-state index in [4.69, 9.17) is 10.5 Å². The van der Waals surface area contributed by atoms with Crippen molar-refractivity contribution in [3.63, 3.8) is 0 Å². The number of nitrogens with one attached hydrogen (secondary N) is 1. The highest BCUT2D eigenvalue weighted by molar-refractivity contribution is 5.78. The van der Waals surface area contributed by atoms with E-state index < -0.39 is 0 Å². The van der Waals surface area contributed by atoms with E-state index in [-0.39, 0.29) is 11.8 Å². The summed E-state index contributed by atoms with van der Waals surface area (Å²) in [4.78, 5) is 13.9. The molecule has 5 nitrogen and oxygen atoms in total. The van der Waals surface area contributed by atoms with Crippen molar-refractivity contribution in [1.29, 1.82) is 0 Å². The maximum absolute atomic E-state index is 11.5. The molecule has 3 N–H and O–H groups in total. The van der Waals surface area contributed by atoms with Gasteiger partial charge in [0.1, 0.15) is 12.4 Å². The van der Waals surface area contributed by atoms with Crippen molar-refractivity contribution in [1.82, 2.24) is 10.2 Å². The van der Waals surface area contributed by atoms with E-state index in [1.54, 1.807) is 7.05 Å². The normalized spacial score (nSPS) is 16.9. The molecular weight excluding hydrogens is 254 g/mol. The molecule has 0 aromatic heterocycles. The van der Waals surface area contributed by atoms with Crippen molar-refractivity contribution >= 4 is 11.6 Å². The molecule has 0 aliphatic carbocycles. The number of piperidine rings is 1. The molecule has 110 valence electrons. The van der Waals surface area contributed by atoms with Crippen LogP contribution in [0.3, 0.4) is 0 Å². The van der Waals surface area contributed by atoms with Crippen molar-refractivity contribution in [2.75, 3.05) is 39.0 Å². The largest absolute Gasteiger partial charge is 0.492 e. The number of amides is 1. The highest BCUT2D eigenvalue weighted by atomic mass is 16.5. The molecule has 0 atom stereocenters. The number of carbonyl (C=O) groups excluding carboxylic acids is 1. The predicted molar refractivity (Wildman–Crippen MR) is 79.6 cm³/mol. The van der Waals surface area contributed by atoms with Crippen LogP contribution in [0, 0.1) is 5.92 Å². The number of nitrogen functional groups attached to an aromatic ring is 1. The van der Waals surface area contributed by atoms with Crippen LogP contribution in [0.4, 0.5) is 5.69 Å². The average molecular weight is 277 g/mol. The lowest BCUT2D eigenvalue weighted by Gasteiger charge is -2.30. The van der Waals surface area contributed by atoms with Crippen LogP contribution in [0.25, 0.3) is 0 Å². The third kappa shape index (κ3) is 4.13. The third-order valence-electron chi connectivity index (χ3n) is 3.74. The molecule has 0 spiro atoms. The average Bonchev–Trinajstić information content (AvgIpc) is 2.47. The molecule has 1 aromatic rings. The fourth-order valence-corrected chi connectivity index (χ4v) is 2.52. The second-order valence-corrected chi connectivity index (χ2v) is 5.15. The summed E-state index contributed by atoms with van der Waals surface area (Å²) in [5, 5.41) is 2.73. The summed E-state index contributed by atoms with van der Waals surface area (Å²) in [7, 11) is 1.70. The molecule has 0 saturated carbocycles. The second-order valence-electron chi connectivity index (χ2n) is 5.15. The summed E-state index contributed by atoms with van der Waals surface area (Å²) in [6.45, 7) is 3.44. The molecule has 0 unspecified atom stereocenters. The van der Waals surface area contributed by atoms with Crippen molar-refractivity contribution in [2.45, 2.75) is 12.8 Å². The number of nitrogens with zero attached hydrogens (tertiary/aromatic N) is 1. The van der Waals surface area contributed by atoms with Gasteiger partial charge in [-0.15, -0.1) is 0 Å². The van der Waals surface area contributed by atoms with Crippen LogP contribution in [0.2, 0.25) is 0 Å². The number of anilines is 1. The Balaban J connectivity index is 1.67. The summed E-state index contributed by atoms with van der Waals surface area (Å²) in [5.74, 6) is 1.15. The number of likely N-dealkylation sites (tertiary alicyclic amines) is 1. The zero-order valence-corrected chi connectivity index (χ0v) is 12.0. The minimum atomic E-state index is 0.167. The zero-order valence-electron chi connectivity index (χ0n) is 12.0. The monoisotopic (exact) mass is 277 g/mol. The van der Waals surface area contributed by atoms with Crippen molar-refractivity contribution in [3.05, 3.63) is 24.3 Å². The topological polar surface area (TPSA) is 67.6 Å². The molecule has 20 heavy (non-hydrogen) atoms. The Bertz CT molecular complexity index is 442. The van der Waals surface area contributed by atoms with Crippen LogP contribution in [-0.2, 0) is 4.79 Å². The number of ether oxygens (including phenoxy) is 1. The molecule has 1 saturated heterocycles. The van der Waals surface area contributed by atoms with Crippen LogP contribution in [0.15, 0.2) is 24.3 Å². The lowest BCUT2D eigenvalue weighted by Crippen LogP contribution is -2.41. The van der Waals surface area contributed by atoms with Crippen LogP contribution >= 0.6 is 0 Å². The van der Waals surface area contributed by atoms with E-state index in [9.17, 15) is 4.79 Å². The Hall–Kier alpha value is -1.75. The molecule has 1 heterocycles. The van der Waals surface area contributed by atoms with Gasteiger partial charge in [0, 0.05) is 31.3 Å². The van der Waals surface area contributed by atoms with E-state index in [2.05, 4.69) is 10.2 Å². The highest BCUT2D eigenvalue weighted by Crippen LogP contribution is 2.18. The first-order valence-corrected chi connectivity index (χ1v) is 7.11. The SMILES string of the molecule is CNC(=O)C1CCN(CCOc2cccc(N)c2)CC1. The Morgan fingerprint density at radius 2 is 2.20 bits per heavy atom. The Morgan fingerprint density at radius 3 is 2.85 bits per heavy atom. The van der Waals surface area contributed by atoms with Crippen molar-refractivity contribution in [3.8, 4) is 5.75 Å². The molecule has 1 fully saturated rings. The van der Waals surface area contributed by atoms with E-state index in [0.29, 0.717) is 12.3 Å². The zero-order chi connectivity index (χ0) is 14.4. The van der Waals surface area contributed by atoms with Gasteiger partial charge < -0.3 is 15.8 Å². The van der Waals surface area contributed by atoms with Gasteiger partial charge in [0.25, 0.3) is 0 Å². The van der Waals surface area contributed by atoms with Gasteiger partial charge in [-0.1, -0.05) is 6.07 Å². The minimum Gasteiger partial charge on any atom is -0.492 e. The summed E-state index contributed by atoms with van der Waals surface area (Å²) in [6, 6.07) is 7.47. The number of hydrogen-bond donors (Lipinski definition) is 2. The number of hydrogen-bond acceptors (Lipinski definition) is 4. The lowest BCUT2D eigenvalue weighted by atomic mass is 9.96. The molecule has 1 aromatic carbocycles. The number of rotatable bonds is 5. The molecular formula is C15H23N3O2. The Morgan fingerprint density at radius 1 is 1.45 bits per heavy atom. The molecule has 0 radical (unpaired) electrons. The molecule has 0 bridgehead atoms. The standard InChI is InChI=1S/C15H23N3O2/c1-17-15(19)12-5-7-18(8-6-12)9-10-20-14-4-2-3-13(16)11-14/h2-4,11-12H,5-10,16H2,1H3,(H,17,19). The molecule has 2 rings (SSSR count). The lowest BCUT2D eigenvalue weighted by molar-refractivity contribution is -0.125. The van der Waals surface area contributed by atoms with Crippen molar-refractivity contribution in [2.24, 2.45) is 5.92 Å². The van der Waals surface area contributed by atoms with Gasteiger partial charge in [0.15, 0.2) is 0 Å². The minimum absolute atomic E-state index is 0.167. The van der Waals surface area contributed by atoms with Crippen LogP contribution in [0.5, 0.6) is 5.75 Å². The number of carbonyl (C=O) groups is 1. The van der Waals surface area contributed by atoms with Crippen LogP contribution in [-0.4, -0.2) is 44.1 Å². The Kier molecular flexibility index (Phi) is 5.24. The van der Waals surface area contributed by atoms with E-state index >= 15 is 0 Å². The van der Waals surface area contributed by atoms with Gasteiger partial charge in [0.2, 0.25) is 5.91 Å². The number of benzene rings is 1. The summed E-state index contributed by atoms with van der Waals surface area (Å²) in [5.41, 5.74) is 6.42. The van der Waals surface area contributed by atoms with Crippen molar-refractivity contribution < 1.29 is 9.53 Å². The van der Waals surface area contributed by atoms with Gasteiger partial charge in [-0.3, -0.25) is 9.69 Å². The van der Waals surface area contributed by atoms with Gasteiger partial charge in [-0.25, -0.2) is 0 Å². The quantitative estimate of drug-likeness (QED) is 0.791. The van der Waals surface area contributed by atoms with Gasteiger partial charge in [-0.05, 0) is 38.1 Å². The van der Waals surface area contributed by atoms with E-state index in [0.717, 1.165) is 38.2 Å². The second kappa shape index (κ2) is 7.14. The number of nitrogens with two attached hydrogens (primary N) is 1. The molecule has 1 aliphatic heterocycles. The third-order valence-corrected chi connectivity index (χ3v) is 3.74. The molecule has 1 amide bonds. The Labute approximate surface area is 120 Å². The fourth-order valence-electron chi connectivity index (χ4n) is 2.52. The maximum atomic E-state index is 11.5. The maximum Gasteiger partial charge on any atom is 0.222 e. The molecule has 1 aliphatic rings. The smallest absolute Gasteiger partial charge is 0.222 e. The summed E-state index contributed by atoms with van der Waals surface area (Å²) >= 11 is 0. The first-order valence-electron chi connectivity index (χ1n) is 7.11. The van der Waals surface area contributed by atoms with Gasteiger partial charge >= 0.3 is 0 Å². The first kappa shape index (κ1) is 14.7. The first-order chi connectivity index (χ1) is 9.69. The predicted octanol–water partition coefficient (Wildman–Crippen LogP) is 1.11. The fraction of sp³-hybridized carbons (Fsp3) is 0.533. The van der Waals surface area contributed by atoms with Crippen LogP contribution in [0.1, 0.15) is 12.8 Å². The molecule has 5 heteroatoms.